The van der Waals surface area contributed by atoms with Gasteiger partial charge in [0, 0.05) is 5.56 Å². The van der Waals surface area contributed by atoms with Crippen LogP contribution in [0.2, 0.25) is 0 Å². The van der Waals surface area contributed by atoms with Gasteiger partial charge in [-0.05, 0) is 23.6 Å². The molecule has 7 nitrogen and oxygen atoms in total. The highest BCUT2D eigenvalue weighted by Gasteiger charge is 2.39. The number of imidazole rings is 1. The van der Waals surface area contributed by atoms with Crippen LogP contribution in [0.25, 0.3) is 11.2 Å². The van der Waals surface area contributed by atoms with Gasteiger partial charge in [-0.2, -0.15) is 0 Å². The molecule has 0 bridgehead atoms. The summed E-state index contributed by atoms with van der Waals surface area (Å²) in [5.74, 6) is 1.34. The third kappa shape index (κ3) is 3.97. The number of hydrogen-bond donors (Lipinski definition) is 2. The van der Waals surface area contributed by atoms with Crippen LogP contribution in [0.5, 0.6) is 5.75 Å². The molecule has 5 rings (SSSR count). The standard InChI is InChI=1S/C29H29N5O2/c1-3-23(18-35)34-20-32-26-27(30-19-31-28(26)34)33-29(21-12-6-4-7-13-21,22-14-8-5-9-15-22)24-16-10-11-17-25(24)36-2/h4-17,19-20,23,35H,3,18H2,1-2H3,(H,30,31,33). The molecular weight excluding hydrogens is 450 g/mol. The summed E-state index contributed by atoms with van der Waals surface area (Å²) in [6.45, 7) is 2.04. The Morgan fingerprint density at radius 3 is 2.14 bits per heavy atom. The van der Waals surface area contributed by atoms with E-state index in [0.717, 1.165) is 28.9 Å². The lowest BCUT2D eigenvalue weighted by Gasteiger charge is -2.38. The van der Waals surface area contributed by atoms with Gasteiger partial charge in [0.05, 0.1) is 26.1 Å². The SMILES string of the molecule is CCC(CO)n1cnc2c(NC(c3ccccc3)(c3ccccc3)c3ccccc3OC)ncnc21. The van der Waals surface area contributed by atoms with Gasteiger partial charge in [0.15, 0.2) is 11.5 Å². The summed E-state index contributed by atoms with van der Waals surface area (Å²) < 4.78 is 7.78. The van der Waals surface area contributed by atoms with Crippen LogP contribution < -0.4 is 10.1 Å². The van der Waals surface area contributed by atoms with E-state index in [1.165, 1.54) is 6.33 Å². The van der Waals surface area contributed by atoms with E-state index >= 15 is 0 Å². The van der Waals surface area contributed by atoms with E-state index < -0.39 is 5.54 Å². The maximum atomic E-state index is 9.90. The molecule has 7 heteroatoms. The van der Waals surface area contributed by atoms with Crippen molar-refractivity contribution in [2.75, 3.05) is 19.0 Å². The summed E-state index contributed by atoms with van der Waals surface area (Å²) in [6.07, 6.45) is 4.02. The summed E-state index contributed by atoms with van der Waals surface area (Å²) in [5.41, 5.74) is 3.45. The number of fused-ring (bicyclic) bond motifs is 1. The second-order valence-corrected chi connectivity index (χ2v) is 8.60. The van der Waals surface area contributed by atoms with Crippen molar-refractivity contribution in [1.29, 1.82) is 0 Å². The first-order valence-corrected chi connectivity index (χ1v) is 12.0. The van der Waals surface area contributed by atoms with Gasteiger partial charge in [-0.25, -0.2) is 15.0 Å². The van der Waals surface area contributed by atoms with Crippen molar-refractivity contribution >= 4 is 17.0 Å². The smallest absolute Gasteiger partial charge is 0.165 e. The molecule has 0 amide bonds. The zero-order valence-corrected chi connectivity index (χ0v) is 20.4. The summed E-state index contributed by atoms with van der Waals surface area (Å²) >= 11 is 0. The summed E-state index contributed by atoms with van der Waals surface area (Å²) in [5, 5.41) is 13.7. The Balaban J connectivity index is 1.80. The van der Waals surface area contributed by atoms with Gasteiger partial charge in [0.25, 0.3) is 0 Å². The molecule has 2 heterocycles. The zero-order valence-electron chi connectivity index (χ0n) is 20.4. The number of aromatic nitrogens is 4. The Morgan fingerprint density at radius 1 is 0.889 bits per heavy atom. The minimum atomic E-state index is -0.846. The van der Waals surface area contributed by atoms with Gasteiger partial charge in [-0.3, -0.25) is 0 Å². The number of hydrogen-bond acceptors (Lipinski definition) is 6. The number of aliphatic hydroxyl groups is 1. The molecule has 2 aromatic heterocycles. The first kappa shape index (κ1) is 23.5. The molecular formula is C29H29N5O2. The number of aliphatic hydroxyl groups excluding tert-OH is 1. The molecule has 0 fully saturated rings. The highest BCUT2D eigenvalue weighted by molar-refractivity contribution is 5.84. The van der Waals surface area contributed by atoms with Gasteiger partial charge >= 0.3 is 0 Å². The third-order valence-electron chi connectivity index (χ3n) is 6.66. The molecule has 0 aliphatic heterocycles. The maximum Gasteiger partial charge on any atom is 0.165 e. The number of rotatable bonds is 9. The highest BCUT2D eigenvalue weighted by atomic mass is 16.5. The molecule has 36 heavy (non-hydrogen) atoms. The molecule has 2 N–H and O–H groups in total. The molecule has 0 saturated carbocycles. The van der Waals surface area contributed by atoms with E-state index in [9.17, 15) is 5.11 Å². The Morgan fingerprint density at radius 2 is 1.53 bits per heavy atom. The first-order chi connectivity index (χ1) is 17.7. The van der Waals surface area contributed by atoms with Crippen molar-refractivity contribution in [3.8, 4) is 5.75 Å². The Labute approximate surface area is 210 Å². The van der Waals surface area contributed by atoms with Crippen LogP contribution in [0.3, 0.4) is 0 Å². The number of ether oxygens (including phenoxy) is 1. The maximum absolute atomic E-state index is 9.90. The molecule has 0 aliphatic carbocycles. The van der Waals surface area contributed by atoms with Crippen molar-refractivity contribution in [2.24, 2.45) is 0 Å². The van der Waals surface area contributed by atoms with Crippen LogP contribution in [0.1, 0.15) is 36.1 Å². The number of methoxy groups -OCH3 is 1. The van der Waals surface area contributed by atoms with Crippen molar-refractivity contribution in [1.82, 2.24) is 19.5 Å². The summed E-state index contributed by atoms with van der Waals surface area (Å²) in [4.78, 5) is 13.8. The van der Waals surface area contributed by atoms with Gasteiger partial charge < -0.3 is 19.7 Å². The number of anilines is 1. The van der Waals surface area contributed by atoms with Crippen molar-refractivity contribution < 1.29 is 9.84 Å². The molecule has 5 aromatic rings. The normalized spacial score (nSPS) is 12.4. The molecule has 0 radical (unpaired) electrons. The molecule has 1 unspecified atom stereocenters. The Bertz CT molecular complexity index is 1390. The molecule has 3 aromatic carbocycles. The number of nitrogens with zero attached hydrogens (tertiary/aromatic N) is 4. The lowest BCUT2D eigenvalue weighted by atomic mass is 9.76. The van der Waals surface area contributed by atoms with Gasteiger partial charge in [-0.1, -0.05) is 85.8 Å². The van der Waals surface area contributed by atoms with Crippen LogP contribution in [0.15, 0.2) is 97.6 Å². The van der Waals surface area contributed by atoms with E-state index in [2.05, 4.69) is 50.6 Å². The monoisotopic (exact) mass is 479 g/mol. The highest BCUT2D eigenvalue weighted by Crippen LogP contribution is 2.44. The quantitative estimate of drug-likeness (QED) is 0.283. The zero-order chi connectivity index (χ0) is 25.0. The molecule has 0 aliphatic rings. The average Bonchev–Trinajstić information content (AvgIpc) is 3.38. The lowest BCUT2D eigenvalue weighted by Crippen LogP contribution is -2.39. The van der Waals surface area contributed by atoms with Crippen LogP contribution in [0.4, 0.5) is 5.82 Å². The molecule has 182 valence electrons. The molecule has 1 atom stereocenters. The largest absolute Gasteiger partial charge is 0.496 e. The summed E-state index contributed by atoms with van der Waals surface area (Å²) in [7, 11) is 1.68. The minimum absolute atomic E-state index is 0.00784. The van der Waals surface area contributed by atoms with E-state index in [1.54, 1.807) is 13.4 Å². The summed E-state index contributed by atoms with van der Waals surface area (Å²) in [6, 6.07) is 28.4. The second-order valence-electron chi connectivity index (χ2n) is 8.60. The van der Waals surface area contributed by atoms with Crippen LogP contribution in [0, 0.1) is 0 Å². The van der Waals surface area contributed by atoms with E-state index in [0.29, 0.717) is 17.0 Å². The second kappa shape index (κ2) is 10.2. The predicted molar refractivity (Wildman–Crippen MR) is 141 cm³/mol. The Hall–Kier alpha value is -4.23. The molecule has 0 saturated heterocycles. The van der Waals surface area contributed by atoms with Crippen molar-refractivity contribution in [3.63, 3.8) is 0 Å². The van der Waals surface area contributed by atoms with E-state index in [-0.39, 0.29) is 12.6 Å². The van der Waals surface area contributed by atoms with Crippen LogP contribution in [-0.2, 0) is 5.54 Å². The van der Waals surface area contributed by atoms with E-state index in [1.807, 2.05) is 66.1 Å². The van der Waals surface area contributed by atoms with Gasteiger partial charge in [-0.15, -0.1) is 0 Å². The number of nitrogens with one attached hydrogen (secondary N) is 1. The van der Waals surface area contributed by atoms with Crippen molar-refractivity contribution in [3.05, 3.63) is 114 Å². The molecule has 0 spiro atoms. The topological polar surface area (TPSA) is 85.1 Å². The van der Waals surface area contributed by atoms with Crippen LogP contribution in [-0.4, -0.2) is 38.3 Å². The lowest BCUT2D eigenvalue weighted by molar-refractivity contribution is 0.226. The fourth-order valence-corrected chi connectivity index (χ4v) is 4.82. The third-order valence-corrected chi connectivity index (χ3v) is 6.66. The van der Waals surface area contributed by atoms with Gasteiger partial charge in [0.1, 0.15) is 23.1 Å². The van der Waals surface area contributed by atoms with Crippen LogP contribution >= 0.6 is 0 Å². The number of para-hydroxylation sites is 1. The first-order valence-electron chi connectivity index (χ1n) is 12.0. The minimum Gasteiger partial charge on any atom is -0.496 e. The number of benzene rings is 3. The fourth-order valence-electron chi connectivity index (χ4n) is 4.82. The fraction of sp³-hybridized carbons (Fsp3) is 0.207. The predicted octanol–water partition coefficient (Wildman–Crippen LogP) is 5.18. The van der Waals surface area contributed by atoms with E-state index in [4.69, 9.17) is 4.74 Å². The van der Waals surface area contributed by atoms with Crippen molar-refractivity contribution in [2.45, 2.75) is 24.9 Å². The van der Waals surface area contributed by atoms with Gasteiger partial charge in [0.2, 0.25) is 0 Å². The Kier molecular flexibility index (Phi) is 6.64. The average molecular weight is 480 g/mol.